The Morgan fingerprint density at radius 1 is 1.06 bits per heavy atom. The SMILES string of the molecule is CCc1c(N2CCN(C(=O)c3ccncc3O)CC2)c(=O)n2nc(C3=CCCCCC3)nc2n1CC(=O)Nc1ccc(C(F)(F)F)cc1C. The van der Waals surface area contributed by atoms with E-state index in [0.29, 0.717) is 36.7 Å². The monoisotopic (exact) mass is 678 g/mol. The second-order valence-electron chi connectivity index (χ2n) is 12.3. The molecule has 2 amide bonds. The molecule has 0 atom stereocenters. The molecule has 1 aliphatic carbocycles. The number of piperazine rings is 1. The number of halogens is 3. The molecule has 0 spiro atoms. The van der Waals surface area contributed by atoms with E-state index in [1.165, 1.54) is 36.0 Å². The third kappa shape index (κ3) is 6.87. The molecule has 1 saturated heterocycles. The molecule has 258 valence electrons. The normalized spacial score (nSPS) is 15.7. The Morgan fingerprint density at radius 3 is 2.53 bits per heavy atom. The molecule has 0 bridgehead atoms. The minimum Gasteiger partial charge on any atom is -0.505 e. The van der Waals surface area contributed by atoms with Crippen LogP contribution in [0.5, 0.6) is 5.75 Å². The van der Waals surface area contributed by atoms with Gasteiger partial charge in [-0.15, -0.1) is 5.10 Å². The lowest BCUT2D eigenvalue weighted by molar-refractivity contribution is -0.137. The summed E-state index contributed by atoms with van der Waals surface area (Å²) >= 11 is 0. The second-order valence-corrected chi connectivity index (χ2v) is 12.3. The first kappa shape index (κ1) is 33.7. The van der Waals surface area contributed by atoms with Crippen molar-refractivity contribution in [3.8, 4) is 5.75 Å². The number of amides is 2. The van der Waals surface area contributed by atoms with Crippen molar-refractivity contribution in [2.75, 3.05) is 36.4 Å². The molecule has 2 N–H and O–H groups in total. The van der Waals surface area contributed by atoms with Crippen molar-refractivity contribution in [3.63, 3.8) is 0 Å². The van der Waals surface area contributed by atoms with E-state index in [4.69, 9.17) is 4.98 Å². The molecule has 12 nitrogen and oxygen atoms in total. The lowest BCUT2D eigenvalue weighted by Crippen LogP contribution is -2.51. The number of benzene rings is 1. The van der Waals surface area contributed by atoms with Gasteiger partial charge in [0.05, 0.1) is 23.0 Å². The highest BCUT2D eigenvalue weighted by molar-refractivity contribution is 5.96. The van der Waals surface area contributed by atoms with Gasteiger partial charge in [0.15, 0.2) is 5.82 Å². The average Bonchev–Trinajstić information content (AvgIpc) is 3.35. The van der Waals surface area contributed by atoms with Gasteiger partial charge in [-0.1, -0.05) is 19.4 Å². The molecule has 49 heavy (non-hydrogen) atoms. The van der Waals surface area contributed by atoms with E-state index >= 15 is 0 Å². The highest BCUT2D eigenvalue weighted by Gasteiger charge is 2.32. The molecule has 6 rings (SSSR count). The smallest absolute Gasteiger partial charge is 0.416 e. The van der Waals surface area contributed by atoms with Gasteiger partial charge in [-0.3, -0.25) is 19.4 Å². The van der Waals surface area contributed by atoms with Gasteiger partial charge in [-0.25, -0.2) is 0 Å². The Balaban J connectivity index is 1.36. The third-order valence-electron chi connectivity index (χ3n) is 9.03. The van der Waals surface area contributed by atoms with E-state index in [1.807, 2.05) is 11.8 Å². The maximum absolute atomic E-state index is 14.2. The molecule has 1 aliphatic heterocycles. The largest absolute Gasteiger partial charge is 0.505 e. The Bertz CT molecular complexity index is 1990. The number of pyridine rings is 1. The second kappa shape index (κ2) is 13.7. The first-order valence-electron chi connectivity index (χ1n) is 16.3. The standard InChI is InChI=1S/C34H37F3N8O4/c1-3-26-29(42-14-16-43(17-15-42)31(48)24-12-13-38-19-27(24)46)32(49)45-33(40-30(41-45)22-8-6-4-5-7-9-22)44(26)20-28(47)39-25-11-10-23(18-21(25)2)34(35,36)37/h8,10-13,18-19,46H,3-7,9,14-17,20H2,1-2H3,(H,39,47). The van der Waals surface area contributed by atoms with Crippen molar-refractivity contribution in [2.24, 2.45) is 0 Å². The maximum atomic E-state index is 14.2. The molecule has 4 heterocycles. The summed E-state index contributed by atoms with van der Waals surface area (Å²) in [5, 5.41) is 17.5. The third-order valence-corrected chi connectivity index (χ3v) is 9.03. The van der Waals surface area contributed by atoms with Crippen molar-refractivity contribution in [2.45, 2.75) is 65.1 Å². The fraction of sp³-hybridized carbons (Fsp3) is 0.412. The predicted molar refractivity (Wildman–Crippen MR) is 177 cm³/mol. The number of fused-ring (bicyclic) bond motifs is 1. The number of nitrogens with zero attached hydrogens (tertiary/aromatic N) is 7. The topological polar surface area (TPSA) is 138 Å². The van der Waals surface area contributed by atoms with Gasteiger partial charge in [-0.2, -0.15) is 22.7 Å². The molecule has 1 aromatic carbocycles. The fourth-order valence-electron chi connectivity index (χ4n) is 6.47. The van der Waals surface area contributed by atoms with Gasteiger partial charge < -0.3 is 24.8 Å². The van der Waals surface area contributed by atoms with Crippen LogP contribution in [0.15, 0.2) is 47.5 Å². The molecule has 2 aliphatic rings. The summed E-state index contributed by atoms with van der Waals surface area (Å²) < 4.78 is 42.6. The zero-order valence-electron chi connectivity index (χ0n) is 27.3. The quantitative estimate of drug-likeness (QED) is 0.284. The number of alkyl halides is 3. The number of rotatable bonds is 7. The van der Waals surface area contributed by atoms with Crippen LogP contribution in [-0.4, -0.2) is 72.1 Å². The molecule has 15 heteroatoms. The van der Waals surface area contributed by atoms with Crippen LogP contribution in [0.4, 0.5) is 24.5 Å². The summed E-state index contributed by atoms with van der Waals surface area (Å²) in [6.45, 7) is 4.21. The number of hydrogen-bond acceptors (Lipinski definition) is 8. The molecular weight excluding hydrogens is 641 g/mol. The number of aromatic hydroxyl groups is 1. The Morgan fingerprint density at radius 2 is 1.84 bits per heavy atom. The van der Waals surface area contributed by atoms with Crippen LogP contribution in [0.2, 0.25) is 0 Å². The van der Waals surface area contributed by atoms with Crippen molar-refractivity contribution in [3.05, 3.63) is 81.3 Å². The summed E-state index contributed by atoms with van der Waals surface area (Å²) in [5.74, 6) is -0.478. The van der Waals surface area contributed by atoms with E-state index < -0.39 is 23.2 Å². The van der Waals surface area contributed by atoms with E-state index in [2.05, 4.69) is 21.5 Å². The summed E-state index contributed by atoms with van der Waals surface area (Å²) in [7, 11) is 0. The number of aromatic nitrogens is 5. The molecule has 0 unspecified atom stereocenters. The Labute approximate surface area is 279 Å². The number of aryl methyl sites for hydroxylation is 1. The van der Waals surface area contributed by atoms with Crippen LogP contribution in [0.1, 0.15) is 72.0 Å². The van der Waals surface area contributed by atoms with Crippen molar-refractivity contribution in [1.82, 2.24) is 29.0 Å². The number of nitrogens with one attached hydrogen (secondary N) is 1. The van der Waals surface area contributed by atoms with Gasteiger partial charge in [0.25, 0.3) is 11.5 Å². The Kier molecular flexibility index (Phi) is 9.43. The zero-order valence-corrected chi connectivity index (χ0v) is 27.3. The fourth-order valence-corrected chi connectivity index (χ4v) is 6.47. The molecule has 4 aromatic rings. The van der Waals surface area contributed by atoms with Crippen LogP contribution >= 0.6 is 0 Å². The molecule has 0 saturated carbocycles. The summed E-state index contributed by atoms with van der Waals surface area (Å²) in [4.78, 5) is 53.0. The molecule has 1 fully saturated rings. The van der Waals surface area contributed by atoms with E-state index in [1.54, 1.807) is 9.47 Å². The highest BCUT2D eigenvalue weighted by atomic mass is 19.4. The molecule has 3 aromatic heterocycles. The van der Waals surface area contributed by atoms with Crippen LogP contribution < -0.4 is 15.8 Å². The van der Waals surface area contributed by atoms with Gasteiger partial charge in [0, 0.05) is 38.1 Å². The summed E-state index contributed by atoms with van der Waals surface area (Å²) in [6.07, 6.45) is 5.28. The van der Waals surface area contributed by atoms with Crippen LogP contribution in [-0.2, 0) is 23.9 Å². The van der Waals surface area contributed by atoms with E-state index in [-0.39, 0.29) is 53.9 Å². The van der Waals surface area contributed by atoms with Crippen molar-refractivity contribution >= 4 is 34.5 Å². The predicted octanol–water partition coefficient (Wildman–Crippen LogP) is 4.83. The van der Waals surface area contributed by atoms with Gasteiger partial charge in [-0.05, 0) is 74.4 Å². The number of hydrogen-bond donors (Lipinski definition) is 2. The highest BCUT2D eigenvalue weighted by Crippen LogP contribution is 2.32. The zero-order chi connectivity index (χ0) is 34.9. The first-order valence-corrected chi connectivity index (χ1v) is 16.3. The lowest BCUT2D eigenvalue weighted by Gasteiger charge is -2.36. The van der Waals surface area contributed by atoms with Crippen molar-refractivity contribution < 1.29 is 27.9 Å². The minimum atomic E-state index is -4.51. The maximum Gasteiger partial charge on any atom is 0.416 e. The molecule has 0 radical (unpaired) electrons. The summed E-state index contributed by atoms with van der Waals surface area (Å²) in [5.41, 5.74) is 1.22. The van der Waals surface area contributed by atoms with Gasteiger partial charge >= 0.3 is 6.18 Å². The lowest BCUT2D eigenvalue weighted by atomic mass is 10.1. The van der Waals surface area contributed by atoms with E-state index in [0.717, 1.165) is 49.8 Å². The van der Waals surface area contributed by atoms with Crippen LogP contribution in [0.25, 0.3) is 11.4 Å². The van der Waals surface area contributed by atoms with Gasteiger partial charge in [0.1, 0.15) is 18.0 Å². The minimum absolute atomic E-state index is 0.138. The first-order chi connectivity index (χ1) is 23.5. The summed E-state index contributed by atoms with van der Waals surface area (Å²) in [6, 6.07) is 4.58. The number of carbonyl (C=O) groups excluding carboxylic acids is 2. The van der Waals surface area contributed by atoms with E-state index in [9.17, 15) is 32.7 Å². The average molecular weight is 679 g/mol. The number of anilines is 2. The van der Waals surface area contributed by atoms with Crippen molar-refractivity contribution in [1.29, 1.82) is 0 Å². The number of allylic oxidation sites excluding steroid dienone is 2. The Hall–Kier alpha value is -5.21. The molecular formula is C34H37F3N8O4. The van der Waals surface area contributed by atoms with Crippen LogP contribution in [0.3, 0.4) is 0 Å². The van der Waals surface area contributed by atoms with Crippen LogP contribution in [0, 0.1) is 6.92 Å². The van der Waals surface area contributed by atoms with Gasteiger partial charge in [0.2, 0.25) is 11.7 Å². The number of carbonyl (C=O) groups is 2.